The maximum atomic E-state index is 12.3. The number of carboxylic acid groups (broad SMARTS) is 2. The summed E-state index contributed by atoms with van der Waals surface area (Å²) in [6.45, 7) is 0. The molecule has 1 fully saturated rings. The number of aliphatic carboxylic acids is 2. The van der Waals surface area contributed by atoms with Gasteiger partial charge in [0.1, 0.15) is 0 Å². The van der Waals surface area contributed by atoms with Crippen LogP contribution in [0.3, 0.4) is 0 Å². The van der Waals surface area contributed by atoms with Crippen LogP contribution in [-0.2, 0) is 14.2 Å². The van der Waals surface area contributed by atoms with Crippen molar-refractivity contribution >= 4 is 19.3 Å². The molecule has 0 amide bonds. The third-order valence-electron chi connectivity index (χ3n) is 5.13. The summed E-state index contributed by atoms with van der Waals surface area (Å²) >= 11 is 0. The number of carboxylic acids is 2. The summed E-state index contributed by atoms with van der Waals surface area (Å²) in [6.07, 6.45) is 10.2. The molecule has 0 heterocycles. The van der Waals surface area contributed by atoms with Crippen LogP contribution < -0.4 is 0 Å². The van der Waals surface area contributed by atoms with E-state index in [0.29, 0.717) is 31.1 Å². The Bertz CT molecular complexity index is 458. The Kier molecular flexibility index (Phi) is 10.4. The average Bonchev–Trinajstić information content (AvgIpc) is 2.53. The summed E-state index contributed by atoms with van der Waals surface area (Å²) in [7, 11) is -3.03. The summed E-state index contributed by atoms with van der Waals surface area (Å²) in [4.78, 5) is 31.8. The van der Waals surface area contributed by atoms with Gasteiger partial charge in [-0.3, -0.25) is 14.2 Å². The minimum absolute atomic E-state index is 0.119. The Morgan fingerprint density at radius 1 is 0.960 bits per heavy atom. The van der Waals surface area contributed by atoms with Crippen molar-refractivity contribution in [3.63, 3.8) is 0 Å². The quantitative estimate of drug-likeness (QED) is 0.325. The van der Waals surface area contributed by atoms with Crippen LogP contribution in [-0.4, -0.2) is 39.4 Å². The number of rotatable bonds is 13. The molecule has 7 heteroatoms. The molecule has 1 saturated carbocycles. The molecular weight excluding hydrogens is 343 g/mol. The summed E-state index contributed by atoms with van der Waals surface area (Å²) in [5.74, 6) is -2.10. The van der Waals surface area contributed by atoms with Crippen LogP contribution in [0.25, 0.3) is 0 Å². The predicted octanol–water partition coefficient (Wildman–Crippen LogP) is 4.35. The van der Waals surface area contributed by atoms with Gasteiger partial charge >= 0.3 is 11.9 Å². The molecule has 1 rings (SSSR count). The number of unbranched alkanes of at least 4 members (excludes halogenated alkanes) is 3. The fourth-order valence-corrected chi connectivity index (χ4v) is 5.73. The normalized spacial score (nSPS) is 19.2. The van der Waals surface area contributed by atoms with Gasteiger partial charge in [-0.15, -0.1) is 0 Å². The topological polar surface area (TPSA) is 112 Å². The van der Waals surface area contributed by atoms with Crippen LogP contribution in [0, 0.1) is 11.8 Å². The van der Waals surface area contributed by atoms with Gasteiger partial charge in [-0.05, 0) is 38.0 Å². The minimum atomic E-state index is -3.03. The van der Waals surface area contributed by atoms with Crippen molar-refractivity contribution in [1.82, 2.24) is 0 Å². The highest BCUT2D eigenvalue weighted by atomic mass is 31.2. The third kappa shape index (κ3) is 10.7. The SMILES string of the molecule is O=C(O)CCC(CCCCCCP(=O)(O)CC1CCCCC1)C(=O)O. The van der Waals surface area contributed by atoms with Gasteiger partial charge < -0.3 is 15.1 Å². The van der Waals surface area contributed by atoms with Crippen molar-refractivity contribution in [2.24, 2.45) is 11.8 Å². The largest absolute Gasteiger partial charge is 0.481 e. The Morgan fingerprint density at radius 2 is 1.60 bits per heavy atom. The van der Waals surface area contributed by atoms with Crippen molar-refractivity contribution in [1.29, 1.82) is 0 Å². The molecule has 0 aromatic rings. The first-order valence-corrected chi connectivity index (χ1v) is 11.6. The summed E-state index contributed by atoms with van der Waals surface area (Å²) in [5.41, 5.74) is 0. The molecule has 0 aromatic heterocycles. The van der Waals surface area contributed by atoms with E-state index in [2.05, 4.69) is 0 Å². The van der Waals surface area contributed by atoms with Crippen LogP contribution in [0.2, 0.25) is 0 Å². The predicted molar refractivity (Wildman–Crippen MR) is 97.2 cm³/mol. The van der Waals surface area contributed by atoms with Gasteiger partial charge in [-0.1, -0.05) is 38.5 Å². The lowest BCUT2D eigenvalue weighted by Crippen LogP contribution is -2.15. The zero-order valence-corrected chi connectivity index (χ0v) is 16.0. The molecule has 1 aliphatic carbocycles. The molecule has 0 spiro atoms. The summed E-state index contributed by atoms with van der Waals surface area (Å²) in [5, 5.41) is 17.7. The monoisotopic (exact) mass is 376 g/mol. The van der Waals surface area contributed by atoms with Crippen molar-refractivity contribution < 1.29 is 29.3 Å². The van der Waals surface area contributed by atoms with Gasteiger partial charge in [0.15, 0.2) is 0 Å². The maximum Gasteiger partial charge on any atom is 0.306 e. The van der Waals surface area contributed by atoms with E-state index < -0.39 is 25.2 Å². The zero-order chi connectivity index (χ0) is 18.7. The first kappa shape index (κ1) is 22.2. The molecule has 2 unspecified atom stereocenters. The van der Waals surface area contributed by atoms with Crippen LogP contribution in [0.1, 0.15) is 77.0 Å². The van der Waals surface area contributed by atoms with Crippen LogP contribution in [0.4, 0.5) is 0 Å². The second-order valence-corrected chi connectivity index (χ2v) is 9.93. The molecule has 0 bridgehead atoms. The molecule has 2 atom stereocenters. The van der Waals surface area contributed by atoms with E-state index >= 15 is 0 Å². The first-order valence-electron chi connectivity index (χ1n) is 9.55. The zero-order valence-electron chi connectivity index (χ0n) is 15.1. The van der Waals surface area contributed by atoms with Crippen LogP contribution >= 0.6 is 7.37 Å². The summed E-state index contributed by atoms with van der Waals surface area (Å²) in [6, 6.07) is 0. The average molecular weight is 376 g/mol. The van der Waals surface area contributed by atoms with E-state index in [4.69, 9.17) is 10.2 Å². The lowest BCUT2D eigenvalue weighted by molar-refractivity contribution is -0.143. The van der Waals surface area contributed by atoms with Crippen LogP contribution in [0.15, 0.2) is 0 Å². The minimum Gasteiger partial charge on any atom is -0.481 e. The molecule has 25 heavy (non-hydrogen) atoms. The fraction of sp³-hybridized carbons (Fsp3) is 0.889. The van der Waals surface area contributed by atoms with Crippen molar-refractivity contribution in [3.05, 3.63) is 0 Å². The van der Waals surface area contributed by atoms with E-state index in [1.165, 1.54) is 19.3 Å². The Balaban J connectivity index is 2.14. The smallest absolute Gasteiger partial charge is 0.306 e. The first-order chi connectivity index (χ1) is 11.8. The molecule has 0 aliphatic heterocycles. The number of carbonyl (C=O) groups is 2. The number of hydrogen-bond donors (Lipinski definition) is 3. The molecule has 0 radical (unpaired) electrons. The highest BCUT2D eigenvalue weighted by Gasteiger charge is 2.25. The maximum absolute atomic E-state index is 12.3. The van der Waals surface area contributed by atoms with Gasteiger partial charge in [0.05, 0.1) is 5.92 Å². The number of hydrogen-bond acceptors (Lipinski definition) is 3. The van der Waals surface area contributed by atoms with Gasteiger partial charge in [-0.25, -0.2) is 0 Å². The molecule has 1 aliphatic rings. The van der Waals surface area contributed by atoms with E-state index in [-0.39, 0.29) is 12.8 Å². The lowest BCUT2D eigenvalue weighted by atomic mass is 9.91. The molecule has 3 N–H and O–H groups in total. The van der Waals surface area contributed by atoms with Crippen LogP contribution in [0.5, 0.6) is 0 Å². The molecular formula is C18H33O6P. The van der Waals surface area contributed by atoms with E-state index in [9.17, 15) is 19.0 Å². The Labute approximate surface area is 150 Å². The van der Waals surface area contributed by atoms with Gasteiger partial charge in [0, 0.05) is 18.7 Å². The standard InChI is InChI=1S/C18H33O6P/c19-17(20)12-11-16(18(21)22)10-6-1-2-7-13-25(23,24)14-15-8-4-3-5-9-15/h15-16H,1-14H2,(H,19,20)(H,21,22)(H,23,24). The fourth-order valence-electron chi connectivity index (χ4n) is 3.66. The van der Waals surface area contributed by atoms with E-state index in [0.717, 1.165) is 32.1 Å². The van der Waals surface area contributed by atoms with Gasteiger partial charge in [0.2, 0.25) is 7.37 Å². The van der Waals surface area contributed by atoms with E-state index in [1.54, 1.807) is 0 Å². The Hall–Kier alpha value is -0.870. The molecule has 146 valence electrons. The third-order valence-corrected chi connectivity index (χ3v) is 7.24. The van der Waals surface area contributed by atoms with Gasteiger partial charge in [0.25, 0.3) is 0 Å². The lowest BCUT2D eigenvalue weighted by Gasteiger charge is -2.24. The second kappa shape index (κ2) is 11.7. The van der Waals surface area contributed by atoms with Crippen molar-refractivity contribution in [2.75, 3.05) is 12.3 Å². The van der Waals surface area contributed by atoms with Gasteiger partial charge in [-0.2, -0.15) is 0 Å². The Morgan fingerprint density at radius 3 is 2.20 bits per heavy atom. The van der Waals surface area contributed by atoms with E-state index in [1.807, 2.05) is 0 Å². The van der Waals surface area contributed by atoms with Crippen molar-refractivity contribution in [2.45, 2.75) is 77.0 Å². The molecule has 0 aromatic carbocycles. The molecule has 6 nitrogen and oxygen atoms in total. The highest BCUT2D eigenvalue weighted by molar-refractivity contribution is 7.57. The second-order valence-electron chi connectivity index (χ2n) is 7.43. The molecule has 0 saturated heterocycles. The summed E-state index contributed by atoms with van der Waals surface area (Å²) < 4.78 is 12.3. The van der Waals surface area contributed by atoms with Crippen molar-refractivity contribution in [3.8, 4) is 0 Å². The highest BCUT2D eigenvalue weighted by Crippen LogP contribution is 2.46.